The maximum absolute atomic E-state index is 10.5. The Balaban J connectivity index is 2.98. The summed E-state index contributed by atoms with van der Waals surface area (Å²) < 4.78 is 0. The SMILES string of the molecule is C/C1=C/[C@@H](O)[C@H](/C(C)=C/O)CC/C(C)=C\CC/C(CO)=C\CC1. The molecule has 0 bridgehead atoms. The third-order valence-electron chi connectivity index (χ3n) is 4.64. The van der Waals surface area contributed by atoms with Crippen molar-refractivity contribution < 1.29 is 15.3 Å². The average molecular weight is 320 g/mol. The second-order valence-electron chi connectivity index (χ2n) is 6.67. The Bertz CT molecular complexity index is 483. The lowest BCUT2D eigenvalue weighted by Gasteiger charge is -2.22. The van der Waals surface area contributed by atoms with Crippen molar-refractivity contribution in [2.75, 3.05) is 6.61 Å². The molecule has 3 nitrogen and oxygen atoms in total. The smallest absolute Gasteiger partial charge is 0.0789 e. The predicted molar refractivity (Wildman–Crippen MR) is 96.3 cm³/mol. The van der Waals surface area contributed by atoms with E-state index in [9.17, 15) is 15.3 Å². The van der Waals surface area contributed by atoms with Gasteiger partial charge in [-0.3, -0.25) is 0 Å². The molecule has 0 aromatic carbocycles. The summed E-state index contributed by atoms with van der Waals surface area (Å²) in [5.41, 5.74) is 4.36. The fraction of sp³-hybridized carbons (Fsp3) is 0.600. The quantitative estimate of drug-likeness (QED) is 0.515. The fourth-order valence-electron chi connectivity index (χ4n) is 2.99. The lowest BCUT2D eigenvalue weighted by molar-refractivity contribution is 0.162. The summed E-state index contributed by atoms with van der Waals surface area (Å²) in [4.78, 5) is 0. The maximum atomic E-state index is 10.5. The molecular formula is C20H32O3. The average Bonchev–Trinajstić information content (AvgIpc) is 2.52. The van der Waals surface area contributed by atoms with Gasteiger partial charge in [-0.05, 0) is 70.4 Å². The molecule has 0 aliphatic heterocycles. The molecule has 0 radical (unpaired) electrons. The van der Waals surface area contributed by atoms with E-state index in [1.807, 2.05) is 19.9 Å². The van der Waals surface area contributed by atoms with Crippen LogP contribution < -0.4 is 0 Å². The predicted octanol–water partition coefficient (Wildman–Crippen LogP) is 4.59. The highest BCUT2D eigenvalue weighted by Gasteiger charge is 2.19. The first-order valence-corrected chi connectivity index (χ1v) is 8.58. The number of hydrogen-bond donors (Lipinski definition) is 3. The van der Waals surface area contributed by atoms with Gasteiger partial charge in [0.25, 0.3) is 0 Å². The minimum Gasteiger partial charge on any atom is -0.516 e. The number of hydrogen-bond acceptors (Lipinski definition) is 3. The highest BCUT2D eigenvalue weighted by atomic mass is 16.3. The Hall–Kier alpha value is -1.32. The minimum atomic E-state index is -0.574. The molecule has 0 saturated heterocycles. The van der Waals surface area contributed by atoms with E-state index in [0.29, 0.717) is 0 Å². The van der Waals surface area contributed by atoms with Gasteiger partial charge in [-0.25, -0.2) is 0 Å². The molecule has 0 fully saturated rings. The van der Waals surface area contributed by atoms with Gasteiger partial charge >= 0.3 is 0 Å². The van der Waals surface area contributed by atoms with E-state index in [1.54, 1.807) is 0 Å². The zero-order valence-electron chi connectivity index (χ0n) is 14.8. The van der Waals surface area contributed by atoms with Crippen molar-refractivity contribution in [2.45, 2.75) is 65.4 Å². The summed E-state index contributed by atoms with van der Waals surface area (Å²) >= 11 is 0. The Morgan fingerprint density at radius 2 is 1.83 bits per heavy atom. The van der Waals surface area contributed by atoms with Crippen molar-refractivity contribution in [3.05, 3.63) is 46.8 Å². The first kappa shape index (κ1) is 19.7. The first-order chi connectivity index (χ1) is 11.0. The fourth-order valence-corrected chi connectivity index (χ4v) is 2.99. The standard InChI is InChI=1S/C20H32O3/c1-15-6-4-8-18(14-22)9-5-7-16(2)12-20(23)19(11-10-15)17(3)13-21/h6,9,12-13,19-23H,4-5,7-8,10-11,14H2,1-3H3/b15-6-,16-12-,17-13+,18-9+/t19-,20+/m0/s1. The third kappa shape index (κ3) is 7.19. The Morgan fingerprint density at radius 1 is 1.13 bits per heavy atom. The summed E-state index contributed by atoms with van der Waals surface area (Å²) in [5.74, 6) is -0.0511. The van der Waals surface area contributed by atoms with Gasteiger partial charge in [0.05, 0.1) is 19.0 Å². The van der Waals surface area contributed by atoms with Crippen molar-refractivity contribution in [2.24, 2.45) is 5.92 Å². The largest absolute Gasteiger partial charge is 0.516 e. The van der Waals surface area contributed by atoms with Crippen LogP contribution in [0.2, 0.25) is 0 Å². The van der Waals surface area contributed by atoms with Gasteiger partial charge in [0, 0.05) is 5.92 Å². The van der Waals surface area contributed by atoms with Crippen molar-refractivity contribution in [3.8, 4) is 0 Å². The van der Waals surface area contributed by atoms with Crippen LogP contribution in [0.5, 0.6) is 0 Å². The van der Waals surface area contributed by atoms with Crippen LogP contribution in [0.1, 0.15) is 59.3 Å². The van der Waals surface area contributed by atoms with Crippen LogP contribution in [0.4, 0.5) is 0 Å². The highest BCUT2D eigenvalue weighted by Crippen LogP contribution is 2.26. The van der Waals surface area contributed by atoms with Crippen LogP contribution >= 0.6 is 0 Å². The van der Waals surface area contributed by atoms with Gasteiger partial charge in [-0.15, -0.1) is 0 Å². The Labute approximate surface area is 140 Å². The van der Waals surface area contributed by atoms with Gasteiger partial charge in [-0.2, -0.15) is 0 Å². The van der Waals surface area contributed by atoms with Crippen molar-refractivity contribution >= 4 is 0 Å². The number of aliphatic hydroxyl groups is 3. The molecule has 3 N–H and O–H groups in total. The Kier molecular flexibility index (Phi) is 8.97. The van der Waals surface area contributed by atoms with Gasteiger partial charge in [0.1, 0.15) is 0 Å². The van der Waals surface area contributed by atoms with E-state index in [0.717, 1.165) is 61.5 Å². The Morgan fingerprint density at radius 3 is 2.48 bits per heavy atom. The first-order valence-electron chi connectivity index (χ1n) is 8.58. The van der Waals surface area contributed by atoms with E-state index in [1.165, 1.54) is 5.57 Å². The molecule has 1 aliphatic rings. The summed E-state index contributed by atoms with van der Waals surface area (Å²) in [7, 11) is 0. The van der Waals surface area contributed by atoms with Gasteiger partial charge in [-0.1, -0.05) is 29.4 Å². The highest BCUT2D eigenvalue weighted by molar-refractivity contribution is 5.14. The molecule has 0 amide bonds. The summed E-state index contributed by atoms with van der Waals surface area (Å²) in [6.07, 6.45) is 12.1. The molecule has 0 heterocycles. The summed E-state index contributed by atoms with van der Waals surface area (Å²) in [6.45, 7) is 6.13. The van der Waals surface area contributed by atoms with Crippen molar-refractivity contribution in [1.82, 2.24) is 0 Å². The molecule has 2 atom stereocenters. The molecule has 130 valence electrons. The van der Waals surface area contributed by atoms with Gasteiger partial charge < -0.3 is 15.3 Å². The van der Waals surface area contributed by atoms with Crippen LogP contribution in [0, 0.1) is 5.92 Å². The molecule has 0 unspecified atom stereocenters. The van der Waals surface area contributed by atoms with Crippen LogP contribution in [0.15, 0.2) is 46.8 Å². The number of rotatable bonds is 2. The monoisotopic (exact) mass is 320 g/mol. The van der Waals surface area contributed by atoms with Crippen LogP contribution in [-0.4, -0.2) is 28.0 Å². The molecular weight excluding hydrogens is 288 g/mol. The molecule has 3 heteroatoms. The van der Waals surface area contributed by atoms with Gasteiger partial charge in [0.2, 0.25) is 0 Å². The number of allylic oxidation sites excluding steroid dienone is 4. The van der Waals surface area contributed by atoms with Crippen LogP contribution in [0.3, 0.4) is 0 Å². The third-order valence-corrected chi connectivity index (χ3v) is 4.64. The second kappa shape index (κ2) is 10.5. The van der Waals surface area contributed by atoms with Crippen LogP contribution in [0.25, 0.3) is 0 Å². The summed E-state index contributed by atoms with van der Waals surface area (Å²) in [6, 6.07) is 0. The van der Waals surface area contributed by atoms with E-state index >= 15 is 0 Å². The molecule has 1 aliphatic carbocycles. The molecule has 23 heavy (non-hydrogen) atoms. The maximum Gasteiger partial charge on any atom is 0.0789 e. The van der Waals surface area contributed by atoms with Crippen LogP contribution in [-0.2, 0) is 0 Å². The van der Waals surface area contributed by atoms with E-state index in [2.05, 4.69) is 19.1 Å². The lowest BCUT2D eigenvalue weighted by Crippen LogP contribution is -2.20. The van der Waals surface area contributed by atoms with Crippen molar-refractivity contribution in [3.63, 3.8) is 0 Å². The molecule has 1 rings (SSSR count). The van der Waals surface area contributed by atoms with Crippen molar-refractivity contribution in [1.29, 1.82) is 0 Å². The lowest BCUT2D eigenvalue weighted by atomic mass is 9.87. The summed E-state index contributed by atoms with van der Waals surface area (Å²) in [5, 5.41) is 29.3. The molecule has 0 aromatic rings. The van der Waals surface area contributed by atoms with E-state index < -0.39 is 6.10 Å². The zero-order chi connectivity index (χ0) is 17.2. The zero-order valence-corrected chi connectivity index (χ0v) is 14.8. The molecule has 0 aromatic heterocycles. The molecule has 0 saturated carbocycles. The van der Waals surface area contributed by atoms with E-state index in [4.69, 9.17) is 0 Å². The van der Waals surface area contributed by atoms with Gasteiger partial charge in [0.15, 0.2) is 0 Å². The van der Waals surface area contributed by atoms with E-state index in [-0.39, 0.29) is 12.5 Å². The molecule has 0 spiro atoms. The number of aliphatic hydroxyl groups excluding tert-OH is 3. The second-order valence-corrected chi connectivity index (χ2v) is 6.67. The minimum absolute atomic E-state index is 0.0511. The normalized spacial score (nSPS) is 32.7. The topological polar surface area (TPSA) is 60.7 Å².